The second-order valence-corrected chi connectivity index (χ2v) is 3.51. The zero-order valence-electron chi connectivity index (χ0n) is 7.43. The SMILES string of the molecule is CC(C)CCCc1cc[nH]c1. The van der Waals surface area contributed by atoms with Gasteiger partial charge in [0.1, 0.15) is 0 Å². The predicted octanol–water partition coefficient (Wildman–Crippen LogP) is 2.99. The van der Waals surface area contributed by atoms with Crippen molar-refractivity contribution in [2.75, 3.05) is 0 Å². The third kappa shape index (κ3) is 3.26. The molecule has 1 rings (SSSR count). The summed E-state index contributed by atoms with van der Waals surface area (Å²) in [4.78, 5) is 3.07. The van der Waals surface area contributed by atoms with Gasteiger partial charge >= 0.3 is 0 Å². The Kier molecular flexibility index (Phi) is 3.21. The fourth-order valence-electron chi connectivity index (χ4n) is 1.23. The van der Waals surface area contributed by atoms with Crippen molar-refractivity contribution in [2.45, 2.75) is 33.1 Å². The van der Waals surface area contributed by atoms with E-state index in [0.29, 0.717) is 0 Å². The van der Waals surface area contributed by atoms with Gasteiger partial charge in [-0.3, -0.25) is 0 Å². The summed E-state index contributed by atoms with van der Waals surface area (Å²) in [5, 5.41) is 0. The Balaban J connectivity index is 2.14. The largest absolute Gasteiger partial charge is 0.367 e. The van der Waals surface area contributed by atoms with Crippen molar-refractivity contribution in [3.63, 3.8) is 0 Å². The van der Waals surface area contributed by atoms with Crippen LogP contribution in [0.25, 0.3) is 0 Å². The Labute approximate surface area is 68.8 Å². The molecular formula is C10H17N. The van der Waals surface area contributed by atoms with Gasteiger partial charge in [0, 0.05) is 12.4 Å². The zero-order chi connectivity index (χ0) is 8.10. The third-order valence-electron chi connectivity index (χ3n) is 1.91. The molecule has 0 bridgehead atoms. The maximum absolute atomic E-state index is 3.07. The molecule has 1 heterocycles. The molecule has 1 heteroatoms. The summed E-state index contributed by atoms with van der Waals surface area (Å²) in [6.07, 6.45) is 7.95. The molecule has 1 nitrogen and oxygen atoms in total. The highest BCUT2D eigenvalue weighted by molar-refractivity contribution is 5.07. The van der Waals surface area contributed by atoms with Gasteiger partial charge < -0.3 is 4.98 Å². The lowest BCUT2D eigenvalue weighted by Gasteiger charge is -2.01. The van der Waals surface area contributed by atoms with E-state index in [1.165, 1.54) is 24.8 Å². The number of aromatic nitrogens is 1. The van der Waals surface area contributed by atoms with Crippen LogP contribution < -0.4 is 0 Å². The number of hydrogen-bond donors (Lipinski definition) is 1. The van der Waals surface area contributed by atoms with Crippen LogP contribution in [0.5, 0.6) is 0 Å². The van der Waals surface area contributed by atoms with Gasteiger partial charge in [-0.15, -0.1) is 0 Å². The third-order valence-corrected chi connectivity index (χ3v) is 1.91. The van der Waals surface area contributed by atoms with Crippen molar-refractivity contribution >= 4 is 0 Å². The van der Waals surface area contributed by atoms with Crippen LogP contribution >= 0.6 is 0 Å². The molecule has 1 aromatic rings. The van der Waals surface area contributed by atoms with Crippen LogP contribution in [-0.4, -0.2) is 4.98 Å². The lowest BCUT2D eigenvalue weighted by atomic mass is 10.0. The molecule has 0 aliphatic rings. The fraction of sp³-hybridized carbons (Fsp3) is 0.600. The molecule has 0 amide bonds. The molecule has 0 fully saturated rings. The van der Waals surface area contributed by atoms with E-state index in [1.807, 2.05) is 6.20 Å². The van der Waals surface area contributed by atoms with Gasteiger partial charge in [-0.1, -0.05) is 20.3 Å². The van der Waals surface area contributed by atoms with Crippen molar-refractivity contribution in [1.82, 2.24) is 4.98 Å². The van der Waals surface area contributed by atoms with E-state index in [4.69, 9.17) is 0 Å². The Morgan fingerprint density at radius 3 is 2.82 bits per heavy atom. The van der Waals surface area contributed by atoms with Crippen molar-refractivity contribution in [3.05, 3.63) is 24.0 Å². The molecule has 11 heavy (non-hydrogen) atoms. The molecule has 0 aliphatic carbocycles. The molecule has 0 saturated heterocycles. The molecular weight excluding hydrogens is 134 g/mol. The number of rotatable bonds is 4. The Hall–Kier alpha value is -0.720. The van der Waals surface area contributed by atoms with E-state index in [-0.39, 0.29) is 0 Å². The number of hydrogen-bond acceptors (Lipinski definition) is 0. The van der Waals surface area contributed by atoms with Gasteiger partial charge in [0.05, 0.1) is 0 Å². The van der Waals surface area contributed by atoms with Crippen LogP contribution in [0.15, 0.2) is 18.5 Å². The minimum atomic E-state index is 0.842. The number of nitrogens with one attached hydrogen (secondary N) is 1. The minimum Gasteiger partial charge on any atom is -0.367 e. The first-order valence-corrected chi connectivity index (χ1v) is 4.40. The quantitative estimate of drug-likeness (QED) is 0.681. The maximum Gasteiger partial charge on any atom is 0.00373 e. The monoisotopic (exact) mass is 151 g/mol. The second-order valence-electron chi connectivity index (χ2n) is 3.51. The summed E-state index contributed by atoms with van der Waals surface area (Å²) in [7, 11) is 0. The van der Waals surface area contributed by atoms with E-state index >= 15 is 0 Å². The molecule has 0 aromatic carbocycles. The average molecular weight is 151 g/mol. The van der Waals surface area contributed by atoms with Crippen molar-refractivity contribution in [2.24, 2.45) is 5.92 Å². The first-order chi connectivity index (χ1) is 5.29. The van der Waals surface area contributed by atoms with Crippen LogP contribution in [0, 0.1) is 5.92 Å². The maximum atomic E-state index is 3.07. The highest BCUT2D eigenvalue weighted by Crippen LogP contribution is 2.08. The van der Waals surface area contributed by atoms with Crippen LogP contribution in [0.2, 0.25) is 0 Å². The van der Waals surface area contributed by atoms with E-state index in [0.717, 1.165) is 5.92 Å². The van der Waals surface area contributed by atoms with Gasteiger partial charge in [0.25, 0.3) is 0 Å². The standard InChI is InChI=1S/C10H17N/c1-9(2)4-3-5-10-6-7-11-8-10/h6-9,11H,3-5H2,1-2H3. The molecule has 1 aromatic heterocycles. The molecule has 0 radical (unpaired) electrons. The first kappa shape index (κ1) is 8.38. The molecule has 1 N–H and O–H groups in total. The van der Waals surface area contributed by atoms with Gasteiger partial charge in [-0.2, -0.15) is 0 Å². The Morgan fingerprint density at radius 2 is 2.27 bits per heavy atom. The highest BCUT2D eigenvalue weighted by Gasteiger charge is 1.95. The summed E-state index contributed by atoms with van der Waals surface area (Å²) in [6, 6.07) is 2.15. The van der Waals surface area contributed by atoms with Crippen LogP contribution in [0.3, 0.4) is 0 Å². The highest BCUT2D eigenvalue weighted by atomic mass is 14.6. The Bertz CT molecular complexity index is 175. The molecule has 62 valence electrons. The smallest absolute Gasteiger partial charge is 0.00373 e. The molecule has 0 saturated carbocycles. The number of H-pyrrole nitrogens is 1. The summed E-state index contributed by atoms with van der Waals surface area (Å²) < 4.78 is 0. The predicted molar refractivity (Wildman–Crippen MR) is 48.6 cm³/mol. The number of aromatic amines is 1. The van der Waals surface area contributed by atoms with Crippen LogP contribution in [-0.2, 0) is 6.42 Å². The van der Waals surface area contributed by atoms with Crippen molar-refractivity contribution < 1.29 is 0 Å². The zero-order valence-corrected chi connectivity index (χ0v) is 7.43. The van der Waals surface area contributed by atoms with Gasteiger partial charge in [-0.25, -0.2) is 0 Å². The molecule has 0 atom stereocenters. The normalized spacial score (nSPS) is 10.8. The van der Waals surface area contributed by atoms with Crippen molar-refractivity contribution in [1.29, 1.82) is 0 Å². The summed E-state index contributed by atoms with van der Waals surface area (Å²) in [5.41, 5.74) is 1.44. The van der Waals surface area contributed by atoms with Gasteiger partial charge in [0.15, 0.2) is 0 Å². The van der Waals surface area contributed by atoms with E-state index in [2.05, 4.69) is 31.1 Å². The van der Waals surface area contributed by atoms with Gasteiger partial charge in [0.2, 0.25) is 0 Å². The van der Waals surface area contributed by atoms with E-state index in [1.54, 1.807) is 0 Å². The van der Waals surface area contributed by atoms with Crippen molar-refractivity contribution in [3.8, 4) is 0 Å². The first-order valence-electron chi connectivity index (χ1n) is 4.40. The lowest BCUT2D eigenvalue weighted by Crippen LogP contribution is -1.89. The van der Waals surface area contributed by atoms with E-state index < -0.39 is 0 Å². The lowest BCUT2D eigenvalue weighted by molar-refractivity contribution is 0.556. The summed E-state index contributed by atoms with van der Waals surface area (Å²) in [5.74, 6) is 0.842. The molecule has 0 aliphatic heterocycles. The molecule has 0 spiro atoms. The van der Waals surface area contributed by atoms with Gasteiger partial charge in [-0.05, 0) is 30.4 Å². The topological polar surface area (TPSA) is 15.8 Å². The average Bonchev–Trinajstić information content (AvgIpc) is 2.39. The second kappa shape index (κ2) is 4.22. The van der Waals surface area contributed by atoms with Crippen LogP contribution in [0.1, 0.15) is 32.3 Å². The summed E-state index contributed by atoms with van der Waals surface area (Å²) in [6.45, 7) is 4.55. The Morgan fingerprint density at radius 1 is 1.45 bits per heavy atom. The van der Waals surface area contributed by atoms with Crippen LogP contribution in [0.4, 0.5) is 0 Å². The fourth-order valence-corrected chi connectivity index (χ4v) is 1.23. The number of aryl methyl sites for hydroxylation is 1. The van der Waals surface area contributed by atoms with E-state index in [9.17, 15) is 0 Å². The molecule has 0 unspecified atom stereocenters. The summed E-state index contributed by atoms with van der Waals surface area (Å²) >= 11 is 0. The minimum absolute atomic E-state index is 0.842.